The molecule has 0 aliphatic carbocycles. The molecule has 2 bridgehead atoms. The van der Waals surface area contributed by atoms with Gasteiger partial charge in [0.15, 0.2) is 0 Å². The highest BCUT2D eigenvalue weighted by Crippen LogP contribution is 2.29. The van der Waals surface area contributed by atoms with Crippen LogP contribution in [0, 0.1) is 0 Å². The lowest BCUT2D eigenvalue weighted by molar-refractivity contribution is 0.0681. The Morgan fingerprint density at radius 2 is 1.92 bits per heavy atom. The van der Waals surface area contributed by atoms with E-state index in [1.807, 2.05) is 36.2 Å². The Morgan fingerprint density at radius 3 is 2.58 bits per heavy atom. The van der Waals surface area contributed by atoms with Crippen LogP contribution < -0.4 is 5.32 Å². The number of rotatable bonds is 3. The second kappa shape index (κ2) is 6.22. The van der Waals surface area contributed by atoms with E-state index in [4.69, 9.17) is 11.6 Å². The molecule has 0 saturated carbocycles. The van der Waals surface area contributed by atoms with Crippen LogP contribution in [0.15, 0.2) is 36.7 Å². The molecule has 2 aliphatic rings. The van der Waals surface area contributed by atoms with Crippen LogP contribution in [0.1, 0.15) is 36.0 Å². The van der Waals surface area contributed by atoms with Crippen molar-refractivity contribution < 1.29 is 4.79 Å². The van der Waals surface area contributed by atoms with Gasteiger partial charge < -0.3 is 10.2 Å². The first-order valence-electron chi connectivity index (χ1n) is 8.44. The molecule has 5 nitrogen and oxygen atoms in total. The zero-order valence-corrected chi connectivity index (χ0v) is 14.4. The van der Waals surface area contributed by atoms with E-state index in [2.05, 4.69) is 10.4 Å². The van der Waals surface area contributed by atoms with Crippen molar-refractivity contribution in [3.8, 4) is 5.69 Å². The molecule has 0 radical (unpaired) electrons. The van der Waals surface area contributed by atoms with Gasteiger partial charge in [0, 0.05) is 36.4 Å². The quantitative estimate of drug-likeness (QED) is 0.931. The molecule has 24 heavy (non-hydrogen) atoms. The summed E-state index contributed by atoms with van der Waals surface area (Å²) in [5.41, 5.74) is 1.51. The largest absolute Gasteiger partial charge is 0.339 e. The van der Waals surface area contributed by atoms with Crippen LogP contribution in [0.4, 0.5) is 0 Å². The molecule has 1 aromatic heterocycles. The minimum absolute atomic E-state index is 0.0431. The fourth-order valence-electron chi connectivity index (χ4n) is 3.88. The standard InChI is InChI=1S/C18H21ClN4O/c1-22(17-8-14-4-5-15(9-17)21-14)18(24)12-10-20-23(11-12)16-6-2-13(19)3-7-16/h2-3,6-7,10-11,14-15,17,21H,4-5,8-9H2,1H3. The van der Waals surface area contributed by atoms with E-state index in [1.165, 1.54) is 12.8 Å². The van der Waals surface area contributed by atoms with Gasteiger partial charge in [0.1, 0.15) is 0 Å². The molecule has 126 valence electrons. The molecule has 2 atom stereocenters. The summed E-state index contributed by atoms with van der Waals surface area (Å²) in [5.74, 6) is 0.0431. The fraction of sp³-hybridized carbons (Fsp3) is 0.444. The van der Waals surface area contributed by atoms with E-state index < -0.39 is 0 Å². The first kappa shape index (κ1) is 15.7. The highest BCUT2D eigenvalue weighted by Gasteiger charge is 2.36. The minimum Gasteiger partial charge on any atom is -0.339 e. The predicted molar refractivity (Wildman–Crippen MR) is 93.6 cm³/mol. The third kappa shape index (κ3) is 2.94. The number of amides is 1. The van der Waals surface area contributed by atoms with Crippen molar-refractivity contribution in [2.45, 2.75) is 43.8 Å². The van der Waals surface area contributed by atoms with Crippen molar-refractivity contribution in [1.29, 1.82) is 0 Å². The van der Waals surface area contributed by atoms with Crippen LogP contribution in [0.5, 0.6) is 0 Å². The summed E-state index contributed by atoms with van der Waals surface area (Å²) in [7, 11) is 1.91. The summed E-state index contributed by atoms with van der Waals surface area (Å²) in [6.07, 6.45) is 7.99. The maximum absolute atomic E-state index is 12.8. The number of hydrogen-bond acceptors (Lipinski definition) is 3. The summed E-state index contributed by atoms with van der Waals surface area (Å²) in [4.78, 5) is 14.7. The van der Waals surface area contributed by atoms with Gasteiger partial charge in [0.2, 0.25) is 0 Å². The maximum atomic E-state index is 12.8. The molecule has 2 saturated heterocycles. The van der Waals surface area contributed by atoms with Crippen molar-refractivity contribution in [3.63, 3.8) is 0 Å². The lowest BCUT2D eigenvalue weighted by Gasteiger charge is -2.35. The van der Waals surface area contributed by atoms with Gasteiger partial charge in [-0.1, -0.05) is 11.6 Å². The molecule has 0 spiro atoms. The number of aromatic nitrogens is 2. The summed E-state index contributed by atoms with van der Waals surface area (Å²) in [5, 5.41) is 8.62. The normalized spacial score (nSPS) is 25.7. The SMILES string of the molecule is CN(C(=O)c1cnn(-c2ccc(Cl)cc2)c1)C1CC2CCC(C1)N2. The van der Waals surface area contributed by atoms with Crippen LogP contribution in [0.25, 0.3) is 5.69 Å². The molecule has 2 fully saturated rings. The molecule has 2 aromatic rings. The lowest BCUT2D eigenvalue weighted by Crippen LogP contribution is -2.48. The van der Waals surface area contributed by atoms with Crippen molar-refractivity contribution >= 4 is 17.5 Å². The Balaban J connectivity index is 1.49. The number of hydrogen-bond donors (Lipinski definition) is 1. The van der Waals surface area contributed by atoms with Crippen LogP contribution in [-0.4, -0.2) is 45.8 Å². The van der Waals surface area contributed by atoms with Crippen molar-refractivity contribution in [1.82, 2.24) is 20.0 Å². The molecule has 1 aromatic carbocycles. The average Bonchev–Trinajstić information content (AvgIpc) is 3.21. The predicted octanol–water partition coefficient (Wildman–Crippen LogP) is 2.88. The summed E-state index contributed by atoms with van der Waals surface area (Å²) < 4.78 is 1.71. The van der Waals surface area contributed by atoms with E-state index >= 15 is 0 Å². The number of carbonyl (C=O) groups is 1. The highest BCUT2D eigenvalue weighted by molar-refractivity contribution is 6.30. The molecule has 4 rings (SSSR count). The van der Waals surface area contributed by atoms with Gasteiger partial charge in [-0.25, -0.2) is 4.68 Å². The number of piperidine rings is 1. The summed E-state index contributed by atoms with van der Waals surface area (Å²) in [6.45, 7) is 0. The van der Waals surface area contributed by atoms with Gasteiger partial charge in [-0.15, -0.1) is 0 Å². The van der Waals surface area contributed by atoms with Crippen molar-refractivity contribution in [2.75, 3.05) is 7.05 Å². The Bertz CT molecular complexity index is 730. The van der Waals surface area contributed by atoms with Gasteiger partial charge in [0.05, 0.1) is 17.4 Å². The molecule has 1 amide bonds. The average molecular weight is 345 g/mol. The minimum atomic E-state index is 0.0431. The number of fused-ring (bicyclic) bond motifs is 2. The van der Waals surface area contributed by atoms with E-state index in [1.54, 1.807) is 17.1 Å². The first-order chi connectivity index (χ1) is 11.6. The van der Waals surface area contributed by atoms with Crippen LogP contribution in [0.3, 0.4) is 0 Å². The van der Waals surface area contributed by atoms with Crippen LogP contribution in [0.2, 0.25) is 5.02 Å². The monoisotopic (exact) mass is 344 g/mol. The number of nitrogens with one attached hydrogen (secondary N) is 1. The molecule has 2 aliphatic heterocycles. The molecular formula is C18H21ClN4O. The number of carbonyl (C=O) groups excluding carboxylic acids is 1. The van der Waals surface area contributed by atoms with E-state index in [9.17, 15) is 4.79 Å². The van der Waals surface area contributed by atoms with Crippen LogP contribution in [-0.2, 0) is 0 Å². The zero-order valence-electron chi connectivity index (χ0n) is 13.7. The van der Waals surface area contributed by atoms with Gasteiger partial charge in [-0.05, 0) is 49.9 Å². The Hall–Kier alpha value is -1.85. The Kier molecular flexibility index (Phi) is 4.06. The number of halogens is 1. The highest BCUT2D eigenvalue weighted by atomic mass is 35.5. The van der Waals surface area contributed by atoms with Gasteiger partial charge in [-0.2, -0.15) is 5.10 Å². The smallest absolute Gasteiger partial charge is 0.257 e. The second-order valence-electron chi connectivity index (χ2n) is 6.83. The third-order valence-corrected chi connectivity index (χ3v) is 5.49. The fourth-order valence-corrected chi connectivity index (χ4v) is 4.01. The lowest BCUT2D eigenvalue weighted by atomic mass is 9.98. The van der Waals surface area contributed by atoms with Crippen LogP contribution >= 0.6 is 11.6 Å². The van der Waals surface area contributed by atoms with E-state index in [0.717, 1.165) is 18.5 Å². The molecule has 6 heteroatoms. The molecule has 3 heterocycles. The van der Waals surface area contributed by atoms with E-state index in [0.29, 0.717) is 28.7 Å². The summed E-state index contributed by atoms with van der Waals surface area (Å²) in [6, 6.07) is 8.86. The third-order valence-electron chi connectivity index (χ3n) is 5.24. The van der Waals surface area contributed by atoms with Crippen molar-refractivity contribution in [2.24, 2.45) is 0 Å². The molecule has 2 unspecified atom stereocenters. The van der Waals surface area contributed by atoms with Gasteiger partial charge in [-0.3, -0.25) is 4.79 Å². The molecular weight excluding hydrogens is 324 g/mol. The van der Waals surface area contributed by atoms with Gasteiger partial charge in [0.25, 0.3) is 5.91 Å². The first-order valence-corrected chi connectivity index (χ1v) is 8.82. The second-order valence-corrected chi connectivity index (χ2v) is 7.27. The Morgan fingerprint density at radius 1 is 1.25 bits per heavy atom. The van der Waals surface area contributed by atoms with Crippen molar-refractivity contribution in [3.05, 3.63) is 47.2 Å². The number of nitrogens with zero attached hydrogens (tertiary/aromatic N) is 3. The summed E-state index contributed by atoms with van der Waals surface area (Å²) >= 11 is 5.92. The van der Waals surface area contributed by atoms with Gasteiger partial charge >= 0.3 is 0 Å². The number of benzene rings is 1. The Labute approximate surface area is 146 Å². The zero-order chi connectivity index (χ0) is 16.7. The van der Waals surface area contributed by atoms with E-state index in [-0.39, 0.29) is 5.91 Å². The maximum Gasteiger partial charge on any atom is 0.257 e. The molecule has 1 N–H and O–H groups in total. The topological polar surface area (TPSA) is 50.2 Å².